The number of benzene rings is 2. The Balaban J connectivity index is 1.60. The lowest BCUT2D eigenvalue weighted by molar-refractivity contribution is 0.256. The molecule has 1 aliphatic heterocycles. The number of hydrogen-bond donors (Lipinski definition) is 1. The molecular weight excluding hydrogens is 437 g/mol. The smallest absolute Gasteiger partial charge is 0.326 e. The van der Waals surface area contributed by atoms with Crippen LogP contribution >= 0.6 is 23.2 Å². The van der Waals surface area contributed by atoms with E-state index in [1.165, 1.54) is 6.42 Å². The number of aromatic nitrogens is 3. The van der Waals surface area contributed by atoms with Crippen molar-refractivity contribution >= 4 is 40.6 Å². The maximum absolute atomic E-state index is 13.2. The van der Waals surface area contributed by atoms with E-state index in [1.54, 1.807) is 30.2 Å². The van der Waals surface area contributed by atoms with Crippen molar-refractivity contribution < 1.29 is 9.53 Å². The van der Waals surface area contributed by atoms with E-state index in [4.69, 9.17) is 32.9 Å². The van der Waals surface area contributed by atoms with E-state index in [9.17, 15) is 4.79 Å². The zero-order valence-corrected chi connectivity index (χ0v) is 18.7. The van der Waals surface area contributed by atoms with Crippen LogP contribution < -0.4 is 15.0 Å². The maximum Gasteiger partial charge on any atom is 0.326 e. The number of nitrogens with zero attached hydrogens (tertiary/aromatic N) is 4. The van der Waals surface area contributed by atoms with Crippen LogP contribution in [0.3, 0.4) is 0 Å². The molecule has 0 unspecified atom stereocenters. The molecular formula is C22H23Cl2N5O2. The molecule has 31 heavy (non-hydrogen) atoms. The van der Waals surface area contributed by atoms with Gasteiger partial charge in [-0.3, -0.25) is 4.90 Å². The Morgan fingerprint density at radius 2 is 1.94 bits per heavy atom. The van der Waals surface area contributed by atoms with Crippen LogP contribution in [-0.2, 0) is 19.5 Å². The maximum atomic E-state index is 13.2. The molecule has 2 amide bonds. The van der Waals surface area contributed by atoms with E-state index in [1.807, 2.05) is 28.9 Å². The van der Waals surface area contributed by atoms with Crippen LogP contribution in [0.25, 0.3) is 0 Å². The van der Waals surface area contributed by atoms with E-state index in [0.717, 1.165) is 31.6 Å². The molecule has 1 N–H and O–H groups in total. The average molecular weight is 460 g/mol. The van der Waals surface area contributed by atoms with Gasteiger partial charge < -0.3 is 10.1 Å². The van der Waals surface area contributed by atoms with E-state index >= 15 is 0 Å². The van der Waals surface area contributed by atoms with Crippen molar-refractivity contribution in [3.05, 3.63) is 64.2 Å². The largest absolute Gasteiger partial charge is 0.497 e. The third kappa shape index (κ3) is 5.11. The summed E-state index contributed by atoms with van der Waals surface area (Å²) in [5.74, 6) is 2.30. The number of nitrogens with one attached hydrogen (secondary N) is 1. The lowest BCUT2D eigenvalue weighted by Gasteiger charge is -2.22. The number of carbonyl (C=O) groups excluding carboxylic acids is 1. The van der Waals surface area contributed by atoms with Gasteiger partial charge in [-0.15, -0.1) is 0 Å². The van der Waals surface area contributed by atoms with Gasteiger partial charge in [0.2, 0.25) is 0 Å². The van der Waals surface area contributed by atoms with Gasteiger partial charge in [-0.2, -0.15) is 5.10 Å². The minimum absolute atomic E-state index is 0.236. The van der Waals surface area contributed by atoms with Gasteiger partial charge in [0.25, 0.3) is 0 Å². The quantitative estimate of drug-likeness (QED) is 0.541. The number of carbonyl (C=O) groups is 1. The Bertz CT molecular complexity index is 1040. The first-order valence-corrected chi connectivity index (χ1v) is 10.9. The monoisotopic (exact) mass is 459 g/mol. The van der Waals surface area contributed by atoms with Gasteiger partial charge in [0.15, 0.2) is 5.82 Å². The van der Waals surface area contributed by atoms with Crippen molar-refractivity contribution in [2.75, 3.05) is 17.3 Å². The molecule has 1 aliphatic rings. The molecule has 1 aromatic heterocycles. The number of methoxy groups -OCH3 is 1. The number of halogens is 2. The molecule has 2 aromatic carbocycles. The Hall–Kier alpha value is -2.77. The standard InChI is InChI=1S/C22H23Cl2N5O2/c1-31-17-9-7-16(8-10-17)28(22(30)25-15-6-11-18(23)19(24)13-15)14-20-26-21-5-3-2-4-12-29(21)27-20/h6-11,13H,2-5,12,14H2,1H3,(H,25,30). The molecule has 4 rings (SSSR count). The van der Waals surface area contributed by atoms with E-state index in [0.29, 0.717) is 33.0 Å². The van der Waals surface area contributed by atoms with Crippen molar-refractivity contribution in [1.29, 1.82) is 0 Å². The van der Waals surface area contributed by atoms with E-state index in [-0.39, 0.29) is 12.6 Å². The van der Waals surface area contributed by atoms with Crippen LogP contribution in [-0.4, -0.2) is 27.9 Å². The van der Waals surface area contributed by atoms with Crippen LogP contribution in [0.1, 0.15) is 30.9 Å². The Morgan fingerprint density at radius 1 is 1.13 bits per heavy atom. The number of anilines is 2. The predicted molar refractivity (Wildman–Crippen MR) is 122 cm³/mol. The highest BCUT2D eigenvalue weighted by molar-refractivity contribution is 6.42. The lowest BCUT2D eigenvalue weighted by Crippen LogP contribution is -2.35. The van der Waals surface area contributed by atoms with Crippen LogP contribution in [0.2, 0.25) is 10.0 Å². The lowest BCUT2D eigenvalue weighted by atomic mass is 10.2. The van der Waals surface area contributed by atoms with Gasteiger partial charge in [-0.25, -0.2) is 14.5 Å². The summed E-state index contributed by atoms with van der Waals surface area (Å²) in [6.07, 6.45) is 4.29. The van der Waals surface area contributed by atoms with Gasteiger partial charge in [0.1, 0.15) is 11.6 Å². The summed E-state index contributed by atoms with van der Waals surface area (Å²) in [7, 11) is 1.60. The first kappa shape index (κ1) is 21.5. The summed E-state index contributed by atoms with van der Waals surface area (Å²) < 4.78 is 7.20. The predicted octanol–water partition coefficient (Wildman–Crippen LogP) is 5.56. The Kier molecular flexibility index (Phi) is 6.63. The third-order valence-electron chi connectivity index (χ3n) is 5.16. The second kappa shape index (κ2) is 9.58. The highest BCUT2D eigenvalue weighted by Crippen LogP contribution is 2.27. The number of ether oxygens (including phenoxy) is 1. The summed E-state index contributed by atoms with van der Waals surface area (Å²) in [6, 6.07) is 11.9. The topological polar surface area (TPSA) is 72.3 Å². The molecule has 3 aromatic rings. The zero-order valence-electron chi connectivity index (χ0n) is 17.1. The summed E-state index contributed by atoms with van der Waals surface area (Å²) in [5.41, 5.74) is 1.25. The molecule has 0 bridgehead atoms. The highest BCUT2D eigenvalue weighted by Gasteiger charge is 2.21. The number of hydrogen-bond acceptors (Lipinski definition) is 4. The second-order valence-corrected chi connectivity index (χ2v) is 8.14. The summed E-state index contributed by atoms with van der Waals surface area (Å²) in [4.78, 5) is 19.5. The summed E-state index contributed by atoms with van der Waals surface area (Å²) in [5, 5.41) is 8.32. The minimum atomic E-state index is -0.325. The SMILES string of the molecule is COc1ccc(N(Cc2nc3n(n2)CCCCC3)C(=O)Nc2ccc(Cl)c(Cl)c2)cc1. The van der Waals surface area contributed by atoms with Crippen molar-refractivity contribution in [3.63, 3.8) is 0 Å². The molecule has 0 fully saturated rings. The molecule has 2 heterocycles. The number of urea groups is 1. The molecule has 162 valence electrons. The fourth-order valence-electron chi connectivity index (χ4n) is 3.53. The fourth-order valence-corrected chi connectivity index (χ4v) is 3.83. The van der Waals surface area contributed by atoms with Crippen LogP contribution in [0.15, 0.2) is 42.5 Å². The van der Waals surface area contributed by atoms with Gasteiger partial charge in [0.05, 0.1) is 23.7 Å². The highest BCUT2D eigenvalue weighted by atomic mass is 35.5. The normalized spacial score (nSPS) is 13.3. The van der Waals surface area contributed by atoms with Crippen molar-refractivity contribution in [1.82, 2.24) is 14.8 Å². The summed E-state index contributed by atoms with van der Waals surface area (Å²) in [6.45, 7) is 1.10. The van der Waals surface area contributed by atoms with E-state index in [2.05, 4.69) is 10.4 Å². The van der Waals surface area contributed by atoms with Crippen molar-refractivity contribution in [2.24, 2.45) is 0 Å². The summed E-state index contributed by atoms with van der Waals surface area (Å²) >= 11 is 12.1. The van der Waals surface area contributed by atoms with Gasteiger partial charge in [-0.05, 0) is 55.3 Å². The Labute approximate surface area is 190 Å². The van der Waals surface area contributed by atoms with Crippen LogP contribution in [0.5, 0.6) is 5.75 Å². The molecule has 0 atom stereocenters. The molecule has 9 heteroatoms. The number of fused-ring (bicyclic) bond motifs is 1. The Morgan fingerprint density at radius 3 is 2.68 bits per heavy atom. The average Bonchev–Trinajstić information content (AvgIpc) is 3.03. The molecule has 0 aliphatic carbocycles. The first-order valence-electron chi connectivity index (χ1n) is 10.1. The fraction of sp³-hybridized carbons (Fsp3) is 0.318. The third-order valence-corrected chi connectivity index (χ3v) is 5.90. The zero-order chi connectivity index (χ0) is 21.8. The van der Waals surface area contributed by atoms with Gasteiger partial charge in [0, 0.05) is 24.3 Å². The van der Waals surface area contributed by atoms with Gasteiger partial charge in [-0.1, -0.05) is 29.6 Å². The van der Waals surface area contributed by atoms with Crippen LogP contribution in [0, 0.1) is 0 Å². The van der Waals surface area contributed by atoms with Crippen molar-refractivity contribution in [2.45, 2.75) is 38.8 Å². The van der Waals surface area contributed by atoms with Gasteiger partial charge >= 0.3 is 6.03 Å². The first-order chi connectivity index (χ1) is 15.0. The van der Waals surface area contributed by atoms with Crippen molar-refractivity contribution in [3.8, 4) is 5.75 Å². The molecule has 0 radical (unpaired) electrons. The molecule has 7 nitrogen and oxygen atoms in total. The van der Waals surface area contributed by atoms with Crippen LogP contribution in [0.4, 0.5) is 16.2 Å². The number of aryl methyl sites for hydroxylation is 2. The number of amides is 2. The second-order valence-electron chi connectivity index (χ2n) is 7.32. The molecule has 0 saturated carbocycles. The van der Waals surface area contributed by atoms with E-state index < -0.39 is 0 Å². The molecule has 0 spiro atoms. The minimum Gasteiger partial charge on any atom is -0.497 e. The molecule has 0 saturated heterocycles. The number of rotatable bonds is 5.